The molecule has 0 radical (unpaired) electrons. The summed E-state index contributed by atoms with van der Waals surface area (Å²) < 4.78 is 0. The Kier molecular flexibility index (Phi) is 6.80. The number of benzene rings is 7. The summed E-state index contributed by atoms with van der Waals surface area (Å²) in [5, 5.41) is 10.5. The van der Waals surface area contributed by atoms with Crippen molar-refractivity contribution in [2.24, 2.45) is 0 Å². The third kappa shape index (κ3) is 4.70. The molecule has 1 aliphatic heterocycles. The monoisotopic (exact) mass is 616 g/mol. The lowest BCUT2D eigenvalue weighted by Crippen LogP contribution is -1.95. The van der Waals surface area contributed by atoms with Crippen LogP contribution in [0.2, 0.25) is 0 Å². The Morgan fingerprint density at radius 3 is 2.30 bits per heavy atom. The summed E-state index contributed by atoms with van der Waals surface area (Å²) in [6, 6.07) is 40.4. The van der Waals surface area contributed by atoms with Gasteiger partial charge in [-0.2, -0.15) is 0 Å². The van der Waals surface area contributed by atoms with Gasteiger partial charge in [-0.3, -0.25) is 0 Å². The van der Waals surface area contributed by atoms with Gasteiger partial charge in [-0.25, -0.2) is 0 Å². The van der Waals surface area contributed by atoms with Crippen molar-refractivity contribution in [1.82, 2.24) is 0 Å². The van der Waals surface area contributed by atoms with Crippen LogP contribution in [0.15, 0.2) is 179 Å². The second kappa shape index (κ2) is 11.5. The van der Waals surface area contributed by atoms with E-state index in [-0.39, 0.29) is 0 Å². The van der Waals surface area contributed by atoms with Crippen LogP contribution in [0.25, 0.3) is 65.9 Å². The normalized spacial score (nSPS) is 14.9. The third-order valence-electron chi connectivity index (χ3n) is 9.67. The molecule has 1 aliphatic carbocycles. The van der Waals surface area contributed by atoms with Crippen molar-refractivity contribution in [2.45, 2.75) is 23.1 Å². The Hall–Kier alpha value is -5.37. The van der Waals surface area contributed by atoms with E-state index in [2.05, 4.69) is 171 Å². The largest absolute Gasteiger partial charge is 0.0888 e. The summed E-state index contributed by atoms with van der Waals surface area (Å²) in [6.45, 7) is 2.16. The molecule has 0 spiro atoms. The van der Waals surface area contributed by atoms with Crippen molar-refractivity contribution in [1.29, 1.82) is 0 Å². The first kappa shape index (κ1) is 27.9. The SMILES string of the molecule is C\C=C(/C=C(\C=C\c1ccc2ccc3cccc4ccc1c2c34)C1=CCC=CC=C1)c1ccc2c3c(cccc13)-c1ccccc1S2. The average Bonchev–Trinajstić information content (AvgIpc) is 3.41. The third-order valence-corrected chi connectivity index (χ3v) is 10.8. The molecule has 9 rings (SSSR count). The van der Waals surface area contributed by atoms with E-state index in [0.717, 1.165) is 6.42 Å². The van der Waals surface area contributed by atoms with E-state index in [9.17, 15) is 0 Å². The van der Waals surface area contributed by atoms with E-state index in [1.54, 1.807) is 0 Å². The van der Waals surface area contributed by atoms with Gasteiger partial charge in [0, 0.05) is 15.2 Å². The molecule has 0 fully saturated rings. The maximum Gasteiger partial charge on any atom is 0.0207 e. The lowest BCUT2D eigenvalue weighted by Gasteiger charge is -2.22. The fraction of sp³-hybridized carbons (Fsp3) is 0.0435. The Labute approximate surface area is 279 Å². The summed E-state index contributed by atoms with van der Waals surface area (Å²) in [7, 11) is 0. The minimum Gasteiger partial charge on any atom is -0.0888 e. The van der Waals surface area contributed by atoms with Crippen LogP contribution in [0.1, 0.15) is 24.5 Å². The zero-order chi connectivity index (χ0) is 31.3. The summed E-state index contributed by atoms with van der Waals surface area (Å²) >= 11 is 1.88. The maximum absolute atomic E-state index is 2.38. The Morgan fingerprint density at radius 1 is 0.617 bits per heavy atom. The Morgan fingerprint density at radius 2 is 1.40 bits per heavy atom. The molecule has 0 saturated heterocycles. The zero-order valence-corrected chi connectivity index (χ0v) is 27.0. The molecule has 0 unspecified atom stereocenters. The molecule has 0 nitrogen and oxygen atoms in total. The van der Waals surface area contributed by atoms with Gasteiger partial charge in [0.15, 0.2) is 0 Å². The van der Waals surface area contributed by atoms with Gasteiger partial charge >= 0.3 is 0 Å². The molecule has 0 amide bonds. The van der Waals surface area contributed by atoms with E-state index < -0.39 is 0 Å². The van der Waals surface area contributed by atoms with Crippen LogP contribution < -0.4 is 0 Å². The quantitative estimate of drug-likeness (QED) is 0.137. The van der Waals surface area contributed by atoms with Crippen LogP contribution in [0, 0.1) is 0 Å². The van der Waals surface area contributed by atoms with Gasteiger partial charge in [-0.1, -0.05) is 157 Å². The highest BCUT2D eigenvalue weighted by Crippen LogP contribution is 2.49. The predicted molar refractivity (Wildman–Crippen MR) is 205 cm³/mol. The van der Waals surface area contributed by atoms with E-state index in [1.165, 1.54) is 91.9 Å². The van der Waals surface area contributed by atoms with Crippen LogP contribution in [0.5, 0.6) is 0 Å². The topological polar surface area (TPSA) is 0 Å². The minimum atomic E-state index is 0.912. The minimum absolute atomic E-state index is 0.912. The summed E-state index contributed by atoms with van der Waals surface area (Å²) in [5.74, 6) is 0. The molecule has 7 aromatic rings. The molecule has 7 aromatic carbocycles. The van der Waals surface area contributed by atoms with Crippen LogP contribution in [0.4, 0.5) is 0 Å². The molecule has 0 N–H and O–H groups in total. The van der Waals surface area contributed by atoms with Crippen molar-refractivity contribution in [2.75, 3.05) is 0 Å². The molecule has 1 heteroatoms. The molecule has 1 heterocycles. The fourth-order valence-electron chi connectivity index (χ4n) is 7.42. The molecule has 222 valence electrons. The number of rotatable bonds is 5. The fourth-order valence-corrected chi connectivity index (χ4v) is 8.55. The first-order chi connectivity index (χ1) is 23.3. The second-order valence-electron chi connectivity index (χ2n) is 12.3. The summed E-state index contributed by atoms with van der Waals surface area (Å²) in [4.78, 5) is 2.65. The highest BCUT2D eigenvalue weighted by molar-refractivity contribution is 7.99. The van der Waals surface area contributed by atoms with Gasteiger partial charge in [0.05, 0.1) is 0 Å². The maximum atomic E-state index is 2.38. The van der Waals surface area contributed by atoms with Gasteiger partial charge < -0.3 is 0 Å². The Balaban J connectivity index is 1.19. The van der Waals surface area contributed by atoms with E-state index in [1.807, 2.05) is 11.8 Å². The molecule has 0 saturated carbocycles. The summed E-state index contributed by atoms with van der Waals surface area (Å²) in [5.41, 5.74) is 8.79. The van der Waals surface area contributed by atoms with Crippen molar-refractivity contribution in [3.05, 3.63) is 180 Å². The van der Waals surface area contributed by atoms with E-state index in [4.69, 9.17) is 0 Å². The highest BCUT2D eigenvalue weighted by Gasteiger charge is 2.20. The van der Waals surface area contributed by atoms with Crippen molar-refractivity contribution < 1.29 is 0 Å². The molecule has 0 aromatic heterocycles. The van der Waals surface area contributed by atoms with Crippen LogP contribution >= 0.6 is 11.8 Å². The van der Waals surface area contributed by atoms with Gasteiger partial charge in [0.25, 0.3) is 0 Å². The zero-order valence-electron chi connectivity index (χ0n) is 26.2. The first-order valence-corrected chi connectivity index (χ1v) is 17.2. The van der Waals surface area contributed by atoms with Crippen LogP contribution in [-0.4, -0.2) is 0 Å². The average molecular weight is 617 g/mol. The van der Waals surface area contributed by atoms with Gasteiger partial charge in [0.2, 0.25) is 0 Å². The highest BCUT2D eigenvalue weighted by atomic mass is 32.2. The molecule has 47 heavy (non-hydrogen) atoms. The van der Waals surface area contributed by atoms with Crippen molar-refractivity contribution in [3.8, 4) is 11.1 Å². The van der Waals surface area contributed by atoms with Gasteiger partial charge in [-0.05, 0) is 108 Å². The molecule has 0 atom stereocenters. The lowest BCUT2D eigenvalue weighted by molar-refractivity contribution is 1.36. The molecular weight excluding hydrogens is 585 g/mol. The van der Waals surface area contributed by atoms with E-state index in [0.29, 0.717) is 0 Å². The predicted octanol–water partition coefficient (Wildman–Crippen LogP) is 13.4. The number of allylic oxidation sites excluding steroid dienone is 11. The first-order valence-electron chi connectivity index (χ1n) is 16.4. The Bertz CT molecular complexity index is 2550. The molecular formula is C46H32S. The second-order valence-corrected chi connectivity index (χ2v) is 13.4. The number of fused-ring (bicyclic) bond motifs is 2. The number of hydrogen-bond acceptors (Lipinski definition) is 1. The van der Waals surface area contributed by atoms with Gasteiger partial charge in [0.1, 0.15) is 0 Å². The van der Waals surface area contributed by atoms with Crippen molar-refractivity contribution in [3.63, 3.8) is 0 Å². The van der Waals surface area contributed by atoms with Crippen LogP contribution in [0.3, 0.4) is 0 Å². The van der Waals surface area contributed by atoms with Crippen molar-refractivity contribution >= 4 is 66.5 Å². The lowest BCUT2D eigenvalue weighted by atomic mass is 9.90. The smallest absolute Gasteiger partial charge is 0.0207 e. The standard InChI is InChI=1S/C46H32S/c1-2-30(37-27-28-43-46-40(37)16-10-17-41(46)39-15-7-8-18-42(39)47-43)29-36(31-11-5-3-4-6-12-31)24-20-32-19-21-35-23-22-33-13-9-14-34-25-26-38(32)45(35)44(33)34/h2-5,7-29H,6H2,1H3/b24-20+,30-2+,36-29+. The van der Waals surface area contributed by atoms with Crippen LogP contribution in [-0.2, 0) is 0 Å². The number of hydrogen-bond donors (Lipinski definition) is 0. The van der Waals surface area contributed by atoms with Gasteiger partial charge in [-0.15, -0.1) is 0 Å². The summed E-state index contributed by atoms with van der Waals surface area (Å²) in [6.07, 6.45) is 21.3. The molecule has 2 aliphatic rings. The molecule has 0 bridgehead atoms. The van der Waals surface area contributed by atoms with E-state index >= 15 is 0 Å².